The molecule has 5 nitrogen and oxygen atoms in total. The molecule has 0 bridgehead atoms. The van der Waals surface area contributed by atoms with Crippen LogP contribution in [0.25, 0.3) is 0 Å². The van der Waals surface area contributed by atoms with Crippen molar-refractivity contribution < 1.29 is 26.4 Å². The summed E-state index contributed by atoms with van der Waals surface area (Å²) in [4.78, 5) is 12.4. The van der Waals surface area contributed by atoms with Crippen molar-refractivity contribution >= 4 is 15.9 Å². The number of aryl methyl sites for hydroxylation is 1. The van der Waals surface area contributed by atoms with Crippen LogP contribution in [-0.4, -0.2) is 31.7 Å². The molecule has 9 heteroatoms. The molecule has 0 spiro atoms. The van der Waals surface area contributed by atoms with E-state index in [0.29, 0.717) is 18.4 Å². The van der Waals surface area contributed by atoms with Gasteiger partial charge >= 0.3 is 6.18 Å². The van der Waals surface area contributed by atoms with Gasteiger partial charge in [0.15, 0.2) is 0 Å². The van der Waals surface area contributed by atoms with E-state index in [1.54, 1.807) is 12.1 Å². The minimum Gasteiger partial charge on any atom is -0.352 e. The SMILES string of the molecule is Cc1ccccc1CS(=O)(=O)N1CCC(C(=O)NCc2cccc(C(F)(F)F)c2)CC1. The van der Waals surface area contributed by atoms with Crippen LogP contribution < -0.4 is 5.32 Å². The first-order valence-electron chi connectivity index (χ1n) is 10.0. The van der Waals surface area contributed by atoms with Crippen LogP contribution in [-0.2, 0) is 33.3 Å². The third kappa shape index (κ3) is 6.07. The molecule has 0 aliphatic carbocycles. The molecule has 1 amide bonds. The van der Waals surface area contributed by atoms with E-state index in [1.807, 2.05) is 19.1 Å². The smallest absolute Gasteiger partial charge is 0.352 e. The van der Waals surface area contributed by atoms with E-state index in [4.69, 9.17) is 0 Å². The van der Waals surface area contributed by atoms with E-state index >= 15 is 0 Å². The van der Waals surface area contributed by atoms with Crippen LogP contribution in [0.15, 0.2) is 48.5 Å². The summed E-state index contributed by atoms with van der Waals surface area (Å²) in [7, 11) is -3.49. The van der Waals surface area contributed by atoms with E-state index < -0.39 is 21.8 Å². The topological polar surface area (TPSA) is 66.5 Å². The number of carbonyl (C=O) groups excluding carboxylic acids is 1. The Kier molecular flexibility index (Phi) is 7.06. The molecule has 1 aliphatic heterocycles. The highest BCUT2D eigenvalue weighted by atomic mass is 32.2. The number of sulfonamides is 1. The summed E-state index contributed by atoms with van der Waals surface area (Å²) in [6.07, 6.45) is -3.68. The summed E-state index contributed by atoms with van der Waals surface area (Å²) in [6.45, 7) is 2.35. The fourth-order valence-electron chi connectivity index (χ4n) is 3.65. The highest BCUT2D eigenvalue weighted by Gasteiger charge is 2.32. The van der Waals surface area contributed by atoms with Crippen LogP contribution in [0.5, 0.6) is 0 Å². The van der Waals surface area contributed by atoms with Crippen molar-refractivity contribution in [1.29, 1.82) is 0 Å². The number of carbonyl (C=O) groups is 1. The summed E-state index contributed by atoms with van der Waals surface area (Å²) in [5.41, 5.74) is 1.27. The van der Waals surface area contributed by atoms with Crippen molar-refractivity contribution in [3.63, 3.8) is 0 Å². The van der Waals surface area contributed by atoms with Crippen molar-refractivity contribution in [1.82, 2.24) is 9.62 Å². The second-order valence-corrected chi connectivity index (χ2v) is 9.74. The molecular weight excluding hydrogens is 429 g/mol. The van der Waals surface area contributed by atoms with Gasteiger partial charge in [0.1, 0.15) is 0 Å². The lowest BCUT2D eigenvalue weighted by Gasteiger charge is -2.30. The highest BCUT2D eigenvalue weighted by Crippen LogP contribution is 2.29. The second kappa shape index (κ2) is 9.40. The summed E-state index contributed by atoms with van der Waals surface area (Å²) < 4.78 is 65.3. The van der Waals surface area contributed by atoms with Crippen LogP contribution in [0, 0.1) is 12.8 Å². The molecule has 0 atom stereocenters. The summed E-state index contributed by atoms with van der Waals surface area (Å²) >= 11 is 0. The van der Waals surface area contributed by atoms with Gasteiger partial charge in [-0.2, -0.15) is 13.2 Å². The van der Waals surface area contributed by atoms with Crippen LogP contribution in [0.2, 0.25) is 0 Å². The fraction of sp³-hybridized carbons (Fsp3) is 0.409. The first-order valence-corrected chi connectivity index (χ1v) is 11.6. The molecule has 1 heterocycles. The number of benzene rings is 2. The molecule has 1 saturated heterocycles. The Morgan fingerprint density at radius 1 is 1.10 bits per heavy atom. The van der Waals surface area contributed by atoms with Gasteiger partial charge in [-0.1, -0.05) is 36.4 Å². The van der Waals surface area contributed by atoms with E-state index in [0.717, 1.165) is 23.3 Å². The standard InChI is InChI=1S/C22H25F3N2O3S/c1-16-5-2-3-7-19(16)15-31(29,30)27-11-9-18(10-12-27)21(28)26-14-17-6-4-8-20(13-17)22(23,24)25/h2-8,13,18H,9-12,14-15H2,1H3,(H,26,28). The van der Waals surface area contributed by atoms with E-state index in [2.05, 4.69) is 5.32 Å². The summed E-state index contributed by atoms with van der Waals surface area (Å²) in [5.74, 6) is -0.712. The molecule has 1 N–H and O–H groups in total. The van der Waals surface area contributed by atoms with Gasteiger partial charge < -0.3 is 5.32 Å². The lowest BCUT2D eigenvalue weighted by molar-refractivity contribution is -0.137. The quantitative estimate of drug-likeness (QED) is 0.721. The number of hydrogen-bond donors (Lipinski definition) is 1. The number of nitrogens with one attached hydrogen (secondary N) is 1. The molecule has 1 fully saturated rings. The average Bonchev–Trinajstić information content (AvgIpc) is 2.73. The number of hydrogen-bond acceptors (Lipinski definition) is 3. The van der Waals surface area contributed by atoms with E-state index in [9.17, 15) is 26.4 Å². The van der Waals surface area contributed by atoms with Gasteiger partial charge in [-0.25, -0.2) is 12.7 Å². The van der Waals surface area contributed by atoms with E-state index in [-0.39, 0.29) is 37.2 Å². The Bertz CT molecular complexity index is 1030. The third-order valence-corrected chi connectivity index (χ3v) is 7.37. The lowest BCUT2D eigenvalue weighted by atomic mass is 9.97. The minimum atomic E-state index is -4.43. The van der Waals surface area contributed by atoms with Crippen LogP contribution >= 0.6 is 0 Å². The molecule has 3 rings (SSSR count). The van der Waals surface area contributed by atoms with E-state index in [1.165, 1.54) is 16.4 Å². The van der Waals surface area contributed by atoms with Gasteiger partial charge in [-0.3, -0.25) is 4.79 Å². The monoisotopic (exact) mass is 454 g/mol. The van der Waals surface area contributed by atoms with Gasteiger partial charge in [0, 0.05) is 25.6 Å². The predicted octanol–water partition coefficient (Wildman–Crippen LogP) is 3.87. The van der Waals surface area contributed by atoms with Gasteiger partial charge in [-0.15, -0.1) is 0 Å². The zero-order valence-corrected chi connectivity index (χ0v) is 18.0. The molecule has 0 aromatic heterocycles. The normalized spacial score (nSPS) is 16.3. The van der Waals surface area contributed by atoms with Crippen molar-refractivity contribution in [2.24, 2.45) is 5.92 Å². The van der Waals surface area contributed by atoms with Gasteiger partial charge in [0.05, 0.1) is 11.3 Å². The summed E-state index contributed by atoms with van der Waals surface area (Å²) in [5, 5.41) is 2.67. The Hall–Kier alpha value is -2.39. The maximum atomic E-state index is 12.8. The zero-order chi connectivity index (χ0) is 22.6. The molecule has 0 radical (unpaired) electrons. The van der Waals surface area contributed by atoms with Crippen molar-refractivity contribution in [2.75, 3.05) is 13.1 Å². The molecule has 168 valence electrons. The third-order valence-electron chi connectivity index (χ3n) is 5.54. The first-order chi connectivity index (χ1) is 14.6. The number of halogens is 3. The maximum Gasteiger partial charge on any atom is 0.416 e. The maximum absolute atomic E-state index is 12.8. The number of nitrogens with zero attached hydrogens (tertiary/aromatic N) is 1. The Labute approximate surface area is 180 Å². The number of piperidine rings is 1. The number of alkyl halides is 3. The van der Waals surface area contributed by atoms with Crippen LogP contribution in [0.4, 0.5) is 13.2 Å². The number of rotatable bonds is 6. The van der Waals surface area contributed by atoms with Gasteiger partial charge in [-0.05, 0) is 48.6 Å². The molecule has 1 aliphatic rings. The van der Waals surface area contributed by atoms with Crippen LogP contribution in [0.3, 0.4) is 0 Å². The van der Waals surface area contributed by atoms with Crippen molar-refractivity contribution in [2.45, 2.75) is 38.2 Å². The Morgan fingerprint density at radius 2 is 1.77 bits per heavy atom. The minimum absolute atomic E-state index is 0.00541. The van der Waals surface area contributed by atoms with Crippen LogP contribution in [0.1, 0.15) is 35.1 Å². The highest BCUT2D eigenvalue weighted by molar-refractivity contribution is 7.88. The van der Waals surface area contributed by atoms with Gasteiger partial charge in [0.25, 0.3) is 0 Å². The Morgan fingerprint density at radius 3 is 2.42 bits per heavy atom. The van der Waals surface area contributed by atoms with Crippen molar-refractivity contribution in [3.8, 4) is 0 Å². The lowest BCUT2D eigenvalue weighted by Crippen LogP contribution is -2.43. The average molecular weight is 455 g/mol. The molecule has 2 aromatic carbocycles. The molecule has 2 aromatic rings. The Balaban J connectivity index is 1.52. The number of amides is 1. The summed E-state index contributed by atoms with van der Waals surface area (Å²) in [6, 6.07) is 12.2. The molecular formula is C22H25F3N2O3S. The predicted molar refractivity (Wildman–Crippen MR) is 111 cm³/mol. The second-order valence-electron chi connectivity index (χ2n) is 7.77. The first kappa shape index (κ1) is 23.3. The molecule has 0 saturated carbocycles. The largest absolute Gasteiger partial charge is 0.416 e. The molecule has 31 heavy (non-hydrogen) atoms. The molecule has 0 unspecified atom stereocenters. The zero-order valence-electron chi connectivity index (χ0n) is 17.2. The van der Waals surface area contributed by atoms with Gasteiger partial charge in [0.2, 0.25) is 15.9 Å². The van der Waals surface area contributed by atoms with Crippen molar-refractivity contribution in [3.05, 3.63) is 70.8 Å². The fourth-order valence-corrected chi connectivity index (χ4v) is 5.31.